The van der Waals surface area contributed by atoms with E-state index in [-0.39, 0.29) is 11.4 Å². The lowest BCUT2D eigenvalue weighted by atomic mass is 9.88. The summed E-state index contributed by atoms with van der Waals surface area (Å²) in [5, 5.41) is 3.07. The molecule has 0 saturated carbocycles. The predicted octanol–water partition coefficient (Wildman–Crippen LogP) is 1.14. The molecule has 3 nitrogen and oxygen atoms in total. The Morgan fingerprint density at radius 3 is 2.79 bits per heavy atom. The molecule has 2 rings (SSSR count). The largest absolute Gasteiger partial charge is 0.354 e. The maximum absolute atomic E-state index is 11.4. The SMILES string of the molecule is CN1CCCC12CCCCC(=O)NC2. The van der Waals surface area contributed by atoms with Crippen molar-refractivity contribution in [2.45, 2.75) is 44.1 Å². The molecule has 2 saturated heterocycles. The Hall–Kier alpha value is -0.570. The molecular formula is C11H20N2O. The van der Waals surface area contributed by atoms with Gasteiger partial charge in [0.25, 0.3) is 0 Å². The van der Waals surface area contributed by atoms with Crippen molar-refractivity contribution in [3.8, 4) is 0 Å². The monoisotopic (exact) mass is 196 g/mol. The highest BCUT2D eigenvalue weighted by Crippen LogP contribution is 2.33. The van der Waals surface area contributed by atoms with Gasteiger partial charge < -0.3 is 5.32 Å². The zero-order chi connectivity index (χ0) is 10.0. The highest BCUT2D eigenvalue weighted by Gasteiger charge is 2.38. The molecule has 0 radical (unpaired) electrons. The summed E-state index contributed by atoms with van der Waals surface area (Å²) in [5.74, 6) is 0.240. The summed E-state index contributed by atoms with van der Waals surface area (Å²) in [5.41, 5.74) is 0.288. The number of carbonyl (C=O) groups is 1. The minimum atomic E-state index is 0.240. The number of carbonyl (C=O) groups excluding carboxylic acids is 1. The number of rotatable bonds is 0. The molecule has 0 aromatic heterocycles. The third-order valence-electron chi connectivity index (χ3n) is 3.86. The van der Waals surface area contributed by atoms with Crippen LogP contribution >= 0.6 is 0 Å². The Bertz CT molecular complexity index is 229. The molecule has 2 aliphatic rings. The van der Waals surface area contributed by atoms with Gasteiger partial charge in [-0.2, -0.15) is 0 Å². The second kappa shape index (κ2) is 3.89. The van der Waals surface area contributed by atoms with Crippen LogP contribution in [0, 0.1) is 0 Å². The molecule has 1 N–H and O–H groups in total. The molecule has 0 aliphatic carbocycles. The molecular weight excluding hydrogens is 176 g/mol. The van der Waals surface area contributed by atoms with E-state index in [1.54, 1.807) is 0 Å². The van der Waals surface area contributed by atoms with Crippen LogP contribution in [-0.4, -0.2) is 36.5 Å². The van der Waals surface area contributed by atoms with Crippen molar-refractivity contribution in [1.29, 1.82) is 0 Å². The summed E-state index contributed by atoms with van der Waals surface area (Å²) in [4.78, 5) is 13.8. The summed E-state index contributed by atoms with van der Waals surface area (Å²) in [6.45, 7) is 2.05. The maximum Gasteiger partial charge on any atom is 0.220 e. The molecule has 2 fully saturated rings. The average molecular weight is 196 g/mol. The number of likely N-dealkylation sites (tertiary alicyclic amines) is 1. The van der Waals surface area contributed by atoms with E-state index >= 15 is 0 Å². The van der Waals surface area contributed by atoms with Crippen LogP contribution in [0.4, 0.5) is 0 Å². The van der Waals surface area contributed by atoms with Crippen molar-refractivity contribution in [1.82, 2.24) is 10.2 Å². The standard InChI is InChI=1S/C11H20N2O/c1-13-8-4-7-11(13)6-3-2-5-10(14)12-9-11/h2-9H2,1H3,(H,12,14). The number of hydrogen-bond donors (Lipinski definition) is 1. The molecule has 1 spiro atoms. The molecule has 0 aromatic carbocycles. The number of likely N-dealkylation sites (N-methyl/N-ethyl adjacent to an activating group) is 1. The first kappa shape index (κ1) is 9.97. The Labute approximate surface area is 85.8 Å². The Balaban J connectivity index is 2.05. The van der Waals surface area contributed by atoms with Crippen LogP contribution in [0.1, 0.15) is 38.5 Å². The van der Waals surface area contributed by atoms with E-state index in [0.29, 0.717) is 0 Å². The van der Waals surface area contributed by atoms with Crippen LogP contribution in [-0.2, 0) is 4.79 Å². The fraction of sp³-hybridized carbons (Fsp3) is 0.909. The number of nitrogens with zero attached hydrogens (tertiary/aromatic N) is 1. The van der Waals surface area contributed by atoms with Crippen molar-refractivity contribution < 1.29 is 4.79 Å². The van der Waals surface area contributed by atoms with Crippen LogP contribution in [0.3, 0.4) is 0 Å². The van der Waals surface area contributed by atoms with E-state index < -0.39 is 0 Å². The van der Waals surface area contributed by atoms with E-state index in [1.165, 1.54) is 32.2 Å². The lowest BCUT2D eigenvalue weighted by molar-refractivity contribution is -0.122. The van der Waals surface area contributed by atoms with Gasteiger partial charge in [0, 0.05) is 18.5 Å². The smallest absolute Gasteiger partial charge is 0.220 e. The van der Waals surface area contributed by atoms with Gasteiger partial charge in [-0.05, 0) is 39.3 Å². The van der Waals surface area contributed by atoms with Gasteiger partial charge in [0.15, 0.2) is 0 Å². The topological polar surface area (TPSA) is 32.3 Å². The van der Waals surface area contributed by atoms with Crippen LogP contribution in [0.2, 0.25) is 0 Å². The minimum Gasteiger partial charge on any atom is -0.354 e. The maximum atomic E-state index is 11.4. The predicted molar refractivity (Wildman–Crippen MR) is 56.1 cm³/mol. The fourth-order valence-electron chi connectivity index (χ4n) is 2.79. The van der Waals surface area contributed by atoms with E-state index in [2.05, 4.69) is 17.3 Å². The van der Waals surface area contributed by atoms with E-state index in [0.717, 1.165) is 19.4 Å². The molecule has 2 heterocycles. The molecule has 0 bridgehead atoms. The highest BCUT2D eigenvalue weighted by molar-refractivity contribution is 5.76. The minimum absolute atomic E-state index is 0.240. The molecule has 1 amide bonds. The van der Waals surface area contributed by atoms with E-state index in [4.69, 9.17) is 0 Å². The quantitative estimate of drug-likeness (QED) is 0.630. The zero-order valence-electron chi connectivity index (χ0n) is 9.01. The van der Waals surface area contributed by atoms with Crippen LogP contribution in [0.25, 0.3) is 0 Å². The molecule has 1 atom stereocenters. The number of nitrogens with one attached hydrogen (secondary N) is 1. The van der Waals surface area contributed by atoms with Gasteiger partial charge in [0.05, 0.1) is 0 Å². The lowest BCUT2D eigenvalue weighted by Crippen LogP contribution is -2.51. The van der Waals surface area contributed by atoms with E-state index in [1.807, 2.05) is 0 Å². The molecule has 2 aliphatic heterocycles. The second-order valence-electron chi connectivity index (χ2n) is 4.73. The summed E-state index contributed by atoms with van der Waals surface area (Å²) < 4.78 is 0. The third kappa shape index (κ3) is 1.78. The van der Waals surface area contributed by atoms with Crippen molar-refractivity contribution in [3.05, 3.63) is 0 Å². The first-order chi connectivity index (χ1) is 6.73. The Morgan fingerprint density at radius 2 is 2.07 bits per heavy atom. The van der Waals surface area contributed by atoms with Gasteiger partial charge in [-0.1, -0.05) is 6.42 Å². The Morgan fingerprint density at radius 1 is 1.29 bits per heavy atom. The normalized spacial score (nSPS) is 35.4. The molecule has 80 valence electrons. The number of hydrogen-bond acceptors (Lipinski definition) is 2. The third-order valence-corrected chi connectivity index (χ3v) is 3.86. The fourth-order valence-corrected chi connectivity index (χ4v) is 2.79. The molecule has 1 unspecified atom stereocenters. The van der Waals surface area contributed by atoms with Crippen molar-refractivity contribution in [2.24, 2.45) is 0 Å². The van der Waals surface area contributed by atoms with Crippen LogP contribution in [0.5, 0.6) is 0 Å². The summed E-state index contributed by atoms with van der Waals surface area (Å²) in [6.07, 6.45) is 6.78. The number of amides is 1. The van der Waals surface area contributed by atoms with Gasteiger partial charge >= 0.3 is 0 Å². The summed E-state index contributed by atoms with van der Waals surface area (Å²) in [7, 11) is 2.20. The van der Waals surface area contributed by atoms with Gasteiger partial charge in [-0.3, -0.25) is 9.69 Å². The van der Waals surface area contributed by atoms with Gasteiger partial charge in [-0.15, -0.1) is 0 Å². The molecule has 14 heavy (non-hydrogen) atoms. The summed E-state index contributed by atoms with van der Waals surface area (Å²) in [6, 6.07) is 0. The van der Waals surface area contributed by atoms with Crippen molar-refractivity contribution in [3.63, 3.8) is 0 Å². The van der Waals surface area contributed by atoms with Crippen LogP contribution < -0.4 is 5.32 Å². The second-order valence-corrected chi connectivity index (χ2v) is 4.73. The van der Waals surface area contributed by atoms with Gasteiger partial charge in [0.2, 0.25) is 5.91 Å². The zero-order valence-corrected chi connectivity index (χ0v) is 9.01. The highest BCUT2D eigenvalue weighted by atomic mass is 16.1. The molecule has 3 heteroatoms. The Kier molecular flexibility index (Phi) is 2.77. The summed E-state index contributed by atoms with van der Waals surface area (Å²) >= 11 is 0. The lowest BCUT2D eigenvalue weighted by Gasteiger charge is -2.37. The first-order valence-electron chi connectivity index (χ1n) is 5.71. The molecule has 0 aromatic rings. The van der Waals surface area contributed by atoms with Gasteiger partial charge in [-0.25, -0.2) is 0 Å². The van der Waals surface area contributed by atoms with Gasteiger partial charge in [0.1, 0.15) is 0 Å². The average Bonchev–Trinajstić information content (AvgIpc) is 2.50. The van der Waals surface area contributed by atoms with E-state index in [9.17, 15) is 4.79 Å². The van der Waals surface area contributed by atoms with Crippen LogP contribution in [0.15, 0.2) is 0 Å². The van der Waals surface area contributed by atoms with Crippen molar-refractivity contribution >= 4 is 5.91 Å². The first-order valence-corrected chi connectivity index (χ1v) is 5.71. The van der Waals surface area contributed by atoms with Crippen molar-refractivity contribution in [2.75, 3.05) is 20.1 Å².